The molecule has 6 N–H and O–H groups in total. The monoisotopic (exact) mass is 1220 g/mol. The Kier molecular flexibility index (Phi) is 27.8. The number of benzene rings is 3. The first-order valence-electron chi connectivity index (χ1n) is 30.5. The van der Waals surface area contributed by atoms with E-state index < -0.39 is 137 Å². The van der Waals surface area contributed by atoms with Gasteiger partial charge in [-0.2, -0.15) is 0 Å². The number of likely N-dealkylation sites (N-methyl/N-ethyl adjacent to an activating group) is 4. The fourth-order valence-electron chi connectivity index (χ4n) is 11.3. The molecule has 1 saturated heterocycles. The fraction of sp³-hybridized carbons (Fsp3) is 0.576. The number of hydrogen-bond acceptors (Lipinski definition) is 14. The van der Waals surface area contributed by atoms with Gasteiger partial charge in [-0.25, -0.2) is 9.59 Å². The molecular weight excluding hydrogens is 1130 g/mol. The minimum atomic E-state index is -2.02. The van der Waals surface area contributed by atoms with Crippen molar-refractivity contribution >= 4 is 59.3 Å². The van der Waals surface area contributed by atoms with E-state index in [0.717, 1.165) is 15.4 Å². The van der Waals surface area contributed by atoms with Crippen LogP contribution in [0.5, 0.6) is 0 Å². The first-order chi connectivity index (χ1) is 41.3. The number of ether oxygens (including phenoxy) is 2. The SMILES string of the molecule is CC[C@@H](C)[C@H](OC(=O)[C@@H](N(C)C(=O)[C@H](CC(C)C)NC(=O)[C@H](C(C)C)N(C)C(=O)[C@@H](N)CCC(=O)OCc1ccccc1)C(C)(C)O)C(=O)N(C)[C@H](C(=O)N[C@@H](Cc1ccccc1)C(=O)N(C)[C@@H](Cc1ccccc1)C(=O)N1CCC[C@H]1C(=O)O)C(C)C. The molecule has 3 aromatic carbocycles. The van der Waals surface area contributed by atoms with Crippen molar-refractivity contribution in [3.05, 3.63) is 108 Å². The van der Waals surface area contributed by atoms with Gasteiger partial charge in [0.2, 0.25) is 35.4 Å². The summed E-state index contributed by atoms with van der Waals surface area (Å²) in [6.07, 6.45) is -0.746. The quantitative estimate of drug-likeness (QED) is 0.0527. The Morgan fingerprint density at radius 1 is 0.659 bits per heavy atom. The van der Waals surface area contributed by atoms with Crippen molar-refractivity contribution in [2.45, 2.75) is 187 Å². The average molecular weight is 1230 g/mol. The third-order valence-electron chi connectivity index (χ3n) is 16.2. The summed E-state index contributed by atoms with van der Waals surface area (Å²) in [7, 11) is 5.48. The summed E-state index contributed by atoms with van der Waals surface area (Å²) in [5.74, 6) is -9.80. The second-order valence-corrected chi connectivity index (χ2v) is 24.9. The van der Waals surface area contributed by atoms with E-state index in [1.165, 1.54) is 56.7 Å². The molecule has 0 radical (unpaired) electrons. The van der Waals surface area contributed by atoms with Crippen molar-refractivity contribution in [1.82, 2.24) is 35.1 Å². The molecule has 22 heteroatoms. The van der Waals surface area contributed by atoms with Crippen LogP contribution in [0.15, 0.2) is 91.0 Å². The summed E-state index contributed by atoms with van der Waals surface area (Å²) < 4.78 is 11.4. The number of nitrogens with zero attached hydrogens (tertiary/aromatic N) is 5. The van der Waals surface area contributed by atoms with Crippen molar-refractivity contribution in [2.24, 2.45) is 29.4 Å². The molecule has 22 nitrogen and oxygen atoms in total. The Bertz CT molecular complexity index is 2830. The number of esters is 2. The lowest BCUT2D eigenvalue weighted by Crippen LogP contribution is -2.62. The number of nitrogens with two attached hydrogens (primary N) is 1. The summed E-state index contributed by atoms with van der Waals surface area (Å²) >= 11 is 0. The van der Waals surface area contributed by atoms with Crippen molar-refractivity contribution in [1.29, 1.82) is 0 Å². The maximum absolute atomic E-state index is 15.0. The molecular formula is C66H96N8O14. The lowest BCUT2D eigenvalue weighted by molar-refractivity contribution is -0.177. The zero-order chi connectivity index (χ0) is 65.9. The average Bonchev–Trinajstić information content (AvgIpc) is 2.08. The van der Waals surface area contributed by atoms with Gasteiger partial charge in [-0.3, -0.25) is 38.4 Å². The van der Waals surface area contributed by atoms with Crippen LogP contribution >= 0.6 is 0 Å². The first-order valence-corrected chi connectivity index (χ1v) is 30.5. The Balaban J connectivity index is 1.59. The molecule has 1 aliphatic heterocycles. The Labute approximate surface area is 519 Å². The molecule has 4 rings (SSSR count). The molecule has 0 unspecified atom stereocenters. The Morgan fingerprint density at radius 3 is 1.61 bits per heavy atom. The number of rotatable bonds is 32. The number of amides is 7. The van der Waals surface area contributed by atoms with Gasteiger partial charge in [-0.15, -0.1) is 0 Å². The number of nitrogens with one attached hydrogen (secondary N) is 2. The molecule has 0 aromatic heterocycles. The van der Waals surface area contributed by atoms with Crippen LogP contribution in [0.2, 0.25) is 0 Å². The normalized spacial score (nSPS) is 16.4. The van der Waals surface area contributed by atoms with Crippen molar-refractivity contribution < 1.29 is 67.6 Å². The summed E-state index contributed by atoms with van der Waals surface area (Å²) in [6, 6.07) is 16.7. The predicted molar refractivity (Wildman–Crippen MR) is 331 cm³/mol. The molecule has 1 fully saturated rings. The van der Waals surface area contributed by atoms with Crippen LogP contribution < -0.4 is 16.4 Å². The second kappa shape index (κ2) is 33.6. The Hall–Kier alpha value is -7.72. The summed E-state index contributed by atoms with van der Waals surface area (Å²) in [6.45, 7) is 16.7. The molecule has 10 atom stereocenters. The van der Waals surface area contributed by atoms with Crippen LogP contribution in [0.3, 0.4) is 0 Å². The van der Waals surface area contributed by atoms with E-state index in [9.17, 15) is 58.2 Å². The van der Waals surface area contributed by atoms with E-state index in [1.807, 2.05) is 38.1 Å². The minimum absolute atomic E-state index is 0.0356. The lowest BCUT2D eigenvalue weighted by Gasteiger charge is -2.39. The van der Waals surface area contributed by atoms with Crippen LogP contribution in [0, 0.1) is 23.7 Å². The number of carboxylic acids is 1. The van der Waals surface area contributed by atoms with Gasteiger partial charge >= 0.3 is 17.9 Å². The smallest absolute Gasteiger partial charge is 0.332 e. The zero-order valence-electron chi connectivity index (χ0n) is 53.8. The largest absolute Gasteiger partial charge is 0.480 e. The van der Waals surface area contributed by atoms with Crippen molar-refractivity contribution in [3.63, 3.8) is 0 Å². The maximum atomic E-state index is 15.0. The van der Waals surface area contributed by atoms with E-state index >= 15 is 0 Å². The fourth-order valence-corrected chi connectivity index (χ4v) is 11.3. The predicted octanol–water partition coefficient (Wildman–Crippen LogP) is 4.76. The van der Waals surface area contributed by atoms with E-state index in [-0.39, 0.29) is 64.0 Å². The Morgan fingerprint density at radius 2 is 1.14 bits per heavy atom. The van der Waals surface area contributed by atoms with Crippen molar-refractivity contribution in [2.75, 3.05) is 34.7 Å². The summed E-state index contributed by atoms with van der Waals surface area (Å²) in [4.78, 5) is 148. The lowest BCUT2D eigenvalue weighted by atomic mass is 9.94. The third kappa shape index (κ3) is 20.2. The molecule has 0 saturated carbocycles. The van der Waals surface area contributed by atoms with Crippen LogP contribution in [0.4, 0.5) is 0 Å². The second-order valence-electron chi connectivity index (χ2n) is 24.9. The first kappa shape index (κ1) is 72.8. The number of carboxylic acid groups (broad SMARTS) is 1. The van der Waals surface area contributed by atoms with Gasteiger partial charge in [0, 0.05) is 59.9 Å². The van der Waals surface area contributed by atoms with Gasteiger partial charge in [0.25, 0.3) is 5.91 Å². The standard InChI is InChI=1S/C66H96N8O14/c1-15-43(8)55(88-65(85)56(66(9,10)86)73(14)61(80)48(36-40(2)3)68-57(76)53(41(4)5)71(12)59(78)47(67)33-34-52(75)87-39-46-30-23-18-24-31-46)63(82)72(13)54(42(6)7)58(77)69-49(37-44-26-19-16-20-27-44)60(79)70(11)51(38-45-28-21-17-22-29-45)62(81)74-35-25-32-50(74)64(83)84/h16-24,26-31,40-43,47-51,53-56,86H,15,25,32-39,67H2,1-14H3,(H,68,76)(H,69,77)(H,83,84)/t43-,47+,48+,49+,50+,51+,53+,54+,55+,56-/m1/s1. The molecule has 0 aliphatic carbocycles. The van der Waals surface area contributed by atoms with E-state index in [2.05, 4.69) is 10.6 Å². The molecule has 3 aromatic rings. The highest BCUT2D eigenvalue weighted by Crippen LogP contribution is 2.27. The van der Waals surface area contributed by atoms with Crippen LogP contribution in [0.25, 0.3) is 0 Å². The van der Waals surface area contributed by atoms with Gasteiger partial charge in [-0.1, -0.05) is 146 Å². The van der Waals surface area contributed by atoms with Crippen LogP contribution in [-0.4, -0.2) is 189 Å². The van der Waals surface area contributed by atoms with Crippen LogP contribution in [0.1, 0.15) is 124 Å². The number of carbonyl (C=O) groups excluding carboxylic acids is 9. The number of carbonyl (C=O) groups is 10. The zero-order valence-corrected chi connectivity index (χ0v) is 53.8. The molecule has 484 valence electrons. The molecule has 7 amide bonds. The number of aliphatic carboxylic acids is 1. The van der Waals surface area contributed by atoms with E-state index in [4.69, 9.17) is 15.2 Å². The van der Waals surface area contributed by atoms with Gasteiger partial charge in [0.05, 0.1) is 11.6 Å². The summed E-state index contributed by atoms with van der Waals surface area (Å²) in [5.41, 5.74) is 6.43. The molecule has 88 heavy (non-hydrogen) atoms. The van der Waals surface area contributed by atoms with E-state index in [0.29, 0.717) is 17.5 Å². The summed E-state index contributed by atoms with van der Waals surface area (Å²) in [5, 5.41) is 27.5. The minimum Gasteiger partial charge on any atom is -0.480 e. The maximum Gasteiger partial charge on any atom is 0.332 e. The molecule has 1 heterocycles. The van der Waals surface area contributed by atoms with Crippen molar-refractivity contribution in [3.8, 4) is 0 Å². The highest BCUT2D eigenvalue weighted by Gasteiger charge is 2.47. The highest BCUT2D eigenvalue weighted by atomic mass is 16.6. The van der Waals surface area contributed by atoms with Gasteiger partial charge in [0.15, 0.2) is 12.1 Å². The topological polar surface area (TPSA) is 296 Å². The van der Waals surface area contributed by atoms with Gasteiger partial charge in [-0.05, 0) is 80.4 Å². The van der Waals surface area contributed by atoms with E-state index in [1.54, 1.807) is 108 Å². The molecule has 0 spiro atoms. The third-order valence-corrected chi connectivity index (χ3v) is 16.2. The highest BCUT2D eigenvalue weighted by molar-refractivity contribution is 5.97. The molecule has 1 aliphatic rings. The van der Waals surface area contributed by atoms with Gasteiger partial charge < -0.3 is 60.6 Å². The number of likely N-dealkylation sites (tertiary alicyclic amines) is 1. The number of aliphatic hydroxyl groups is 1. The molecule has 0 bridgehead atoms. The van der Waals surface area contributed by atoms with Gasteiger partial charge in [0.1, 0.15) is 42.9 Å². The number of hydrogen-bond donors (Lipinski definition) is 5. The van der Waals surface area contributed by atoms with Crippen LogP contribution in [-0.2, 0) is 76.9 Å².